The number of cyclic esters (lactones) is 1. The van der Waals surface area contributed by atoms with Crippen molar-refractivity contribution in [2.75, 3.05) is 6.61 Å². The lowest BCUT2D eigenvalue weighted by molar-refractivity contribution is -0.137. The Morgan fingerprint density at radius 3 is 2.35 bits per heavy atom. The lowest BCUT2D eigenvalue weighted by Gasteiger charge is -2.28. The molecule has 1 saturated heterocycles. The van der Waals surface area contributed by atoms with Gasteiger partial charge >= 0.3 is 6.09 Å². The molecule has 0 unspecified atom stereocenters. The summed E-state index contributed by atoms with van der Waals surface area (Å²) in [7, 11) is 0. The average molecular weight is 425 g/mol. The van der Waals surface area contributed by atoms with E-state index < -0.39 is 18.1 Å². The average Bonchev–Trinajstić information content (AvgIpc) is 3.14. The second-order valence-electron chi connectivity index (χ2n) is 8.21. The predicted octanol–water partition coefficient (Wildman–Crippen LogP) is 3.53. The third kappa shape index (κ3) is 6.15. The van der Waals surface area contributed by atoms with E-state index in [1.807, 2.05) is 74.5 Å². The summed E-state index contributed by atoms with van der Waals surface area (Å²) in [6.07, 6.45) is -0.0513. The quantitative estimate of drug-likeness (QED) is 0.610. The molecule has 1 aliphatic heterocycles. The summed E-state index contributed by atoms with van der Waals surface area (Å²) in [5.74, 6) is -1.00. The number of carbonyl (C=O) groups is 2. The number of nitrogens with zero attached hydrogens (tertiary/aromatic N) is 1. The zero-order chi connectivity index (χ0) is 22.2. The van der Waals surface area contributed by atoms with Crippen LogP contribution in [0.2, 0.25) is 0 Å². The van der Waals surface area contributed by atoms with Crippen LogP contribution in [0.1, 0.15) is 37.8 Å². The lowest BCUT2D eigenvalue weighted by atomic mass is 9.92. The number of imide groups is 1. The SMILES string of the molecule is CC[C@@H](C(=O)N1C(=O)OC[C@H]1Cc1ccccc1)[C@@H](O)C[C@@H](C)NCc1ccccc1. The van der Waals surface area contributed by atoms with E-state index in [0.717, 1.165) is 11.1 Å². The van der Waals surface area contributed by atoms with Crippen molar-refractivity contribution in [3.05, 3.63) is 71.8 Å². The number of hydrogen-bond acceptors (Lipinski definition) is 5. The second kappa shape index (κ2) is 11.1. The Hall–Kier alpha value is -2.70. The minimum absolute atomic E-state index is 0.0164. The number of nitrogens with one attached hydrogen (secondary N) is 1. The standard InChI is InChI=1S/C25H32N2O4/c1-3-22(23(28)14-18(2)26-16-20-12-8-5-9-13-20)24(29)27-21(17-31-25(27)30)15-19-10-6-4-7-11-19/h4-13,18,21-23,26,28H,3,14-17H2,1-2H3/t18-,21-,22-,23+/m1/s1. The number of amides is 2. The molecular weight excluding hydrogens is 392 g/mol. The molecule has 3 rings (SSSR count). The maximum atomic E-state index is 13.2. The fourth-order valence-corrected chi connectivity index (χ4v) is 4.05. The second-order valence-corrected chi connectivity index (χ2v) is 8.21. The number of benzene rings is 2. The Morgan fingerprint density at radius 1 is 1.13 bits per heavy atom. The number of rotatable bonds is 10. The van der Waals surface area contributed by atoms with Crippen LogP contribution in [0, 0.1) is 5.92 Å². The van der Waals surface area contributed by atoms with Gasteiger partial charge in [0, 0.05) is 12.6 Å². The van der Waals surface area contributed by atoms with Crippen LogP contribution in [0.15, 0.2) is 60.7 Å². The first-order valence-electron chi connectivity index (χ1n) is 11.0. The van der Waals surface area contributed by atoms with Crippen molar-refractivity contribution < 1.29 is 19.4 Å². The summed E-state index contributed by atoms with van der Waals surface area (Å²) >= 11 is 0. The summed E-state index contributed by atoms with van der Waals surface area (Å²) in [6.45, 7) is 4.73. The molecule has 0 saturated carbocycles. The maximum Gasteiger partial charge on any atom is 0.416 e. The van der Waals surface area contributed by atoms with E-state index in [9.17, 15) is 14.7 Å². The molecule has 1 fully saturated rings. The Kier molecular flexibility index (Phi) is 8.20. The van der Waals surface area contributed by atoms with Gasteiger partial charge < -0.3 is 15.2 Å². The topological polar surface area (TPSA) is 78.9 Å². The van der Waals surface area contributed by atoms with Crippen LogP contribution < -0.4 is 5.32 Å². The van der Waals surface area contributed by atoms with Crippen molar-refractivity contribution in [1.82, 2.24) is 10.2 Å². The Balaban J connectivity index is 1.59. The van der Waals surface area contributed by atoms with Crippen molar-refractivity contribution in [1.29, 1.82) is 0 Å². The zero-order valence-corrected chi connectivity index (χ0v) is 18.2. The molecule has 0 aliphatic carbocycles. The maximum absolute atomic E-state index is 13.2. The first-order valence-corrected chi connectivity index (χ1v) is 11.0. The zero-order valence-electron chi connectivity index (χ0n) is 18.2. The van der Waals surface area contributed by atoms with Crippen molar-refractivity contribution in [3.8, 4) is 0 Å². The number of aliphatic hydroxyl groups excluding tert-OH is 1. The molecule has 1 heterocycles. The summed E-state index contributed by atoms with van der Waals surface area (Å²) in [4.78, 5) is 26.8. The van der Waals surface area contributed by atoms with E-state index >= 15 is 0 Å². The lowest BCUT2D eigenvalue weighted by Crippen LogP contribution is -2.47. The van der Waals surface area contributed by atoms with Gasteiger partial charge in [-0.3, -0.25) is 4.79 Å². The van der Waals surface area contributed by atoms with E-state index in [4.69, 9.17) is 4.74 Å². The normalized spacial score (nSPS) is 19.0. The molecule has 2 aromatic carbocycles. The summed E-state index contributed by atoms with van der Waals surface area (Å²) in [6, 6.07) is 19.4. The monoisotopic (exact) mass is 424 g/mol. The minimum atomic E-state index is -0.846. The molecule has 1 aliphatic rings. The first-order chi connectivity index (χ1) is 15.0. The van der Waals surface area contributed by atoms with E-state index in [-0.39, 0.29) is 24.6 Å². The molecule has 0 radical (unpaired) electrons. The Morgan fingerprint density at radius 2 is 1.74 bits per heavy atom. The third-order valence-corrected chi connectivity index (χ3v) is 5.83. The van der Waals surface area contributed by atoms with E-state index in [0.29, 0.717) is 25.8 Å². The van der Waals surface area contributed by atoms with Gasteiger partial charge in [-0.15, -0.1) is 0 Å². The van der Waals surface area contributed by atoms with Gasteiger partial charge in [-0.05, 0) is 37.3 Å². The van der Waals surface area contributed by atoms with Crippen LogP contribution in [-0.2, 0) is 22.5 Å². The van der Waals surface area contributed by atoms with E-state index in [1.165, 1.54) is 4.90 Å². The van der Waals surface area contributed by atoms with Gasteiger partial charge in [-0.25, -0.2) is 9.69 Å². The van der Waals surface area contributed by atoms with Crippen LogP contribution >= 0.6 is 0 Å². The molecule has 0 aromatic heterocycles. The van der Waals surface area contributed by atoms with Crippen LogP contribution in [0.4, 0.5) is 4.79 Å². The molecule has 2 N–H and O–H groups in total. The highest BCUT2D eigenvalue weighted by Gasteiger charge is 2.42. The van der Waals surface area contributed by atoms with Gasteiger partial charge in [0.25, 0.3) is 0 Å². The van der Waals surface area contributed by atoms with Gasteiger partial charge in [0.2, 0.25) is 5.91 Å². The molecule has 0 bridgehead atoms. The number of ether oxygens (including phenoxy) is 1. The first kappa shape index (κ1) is 23.0. The number of aliphatic hydroxyl groups is 1. The highest BCUT2D eigenvalue weighted by molar-refractivity contribution is 5.95. The third-order valence-electron chi connectivity index (χ3n) is 5.83. The minimum Gasteiger partial charge on any atom is -0.447 e. The number of carbonyl (C=O) groups excluding carboxylic acids is 2. The van der Waals surface area contributed by atoms with Gasteiger partial charge in [-0.1, -0.05) is 67.6 Å². The van der Waals surface area contributed by atoms with Crippen molar-refractivity contribution >= 4 is 12.0 Å². The van der Waals surface area contributed by atoms with Crippen molar-refractivity contribution in [3.63, 3.8) is 0 Å². The van der Waals surface area contributed by atoms with E-state index in [2.05, 4.69) is 5.32 Å². The number of hydrogen-bond donors (Lipinski definition) is 2. The fourth-order valence-electron chi connectivity index (χ4n) is 4.05. The van der Waals surface area contributed by atoms with Gasteiger partial charge in [0.05, 0.1) is 18.1 Å². The largest absolute Gasteiger partial charge is 0.447 e. The predicted molar refractivity (Wildman–Crippen MR) is 119 cm³/mol. The molecule has 6 heteroatoms. The van der Waals surface area contributed by atoms with Gasteiger partial charge in [-0.2, -0.15) is 0 Å². The van der Waals surface area contributed by atoms with E-state index in [1.54, 1.807) is 0 Å². The van der Waals surface area contributed by atoms with Crippen molar-refractivity contribution in [2.45, 2.75) is 57.8 Å². The molecule has 0 spiro atoms. The molecule has 31 heavy (non-hydrogen) atoms. The smallest absolute Gasteiger partial charge is 0.416 e. The molecule has 6 nitrogen and oxygen atoms in total. The highest BCUT2D eigenvalue weighted by Crippen LogP contribution is 2.24. The Labute approximate surface area is 184 Å². The Bertz CT molecular complexity index is 843. The van der Waals surface area contributed by atoms with Crippen molar-refractivity contribution in [2.24, 2.45) is 5.92 Å². The summed E-state index contributed by atoms with van der Waals surface area (Å²) < 4.78 is 5.19. The fraction of sp³-hybridized carbons (Fsp3) is 0.440. The molecule has 2 amide bonds. The van der Waals surface area contributed by atoms with Gasteiger partial charge in [0.15, 0.2) is 0 Å². The summed E-state index contributed by atoms with van der Waals surface area (Å²) in [5, 5.41) is 14.2. The van der Waals surface area contributed by atoms with Crippen LogP contribution in [-0.4, -0.2) is 46.8 Å². The van der Waals surface area contributed by atoms with Crippen LogP contribution in [0.25, 0.3) is 0 Å². The molecule has 4 atom stereocenters. The van der Waals surface area contributed by atoms with Crippen LogP contribution in [0.3, 0.4) is 0 Å². The summed E-state index contributed by atoms with van der Waals surface area (Å²) in [5.41, 5.74) is 2.20. The van der Waals surface area contributed by atoms with Crippen LogP contribution in [0.5, 0.6) is 0 Å². The van der Waals surface area contributed by atoms with Gasteiger partial charge in [0.1, 0.15) is 6.61 Å². The highest BCUT2D eigenvalue weighted by atomic mass is 16.6. The molecule has 166 valence electrons. The molecular formula is C25H32N2O4. The molecule has 2 aromatic rings.